The lowest BCUT2D eigenvalue weighted by molar-refractivity contribution is 0.964. The summed E-state index contributed by atoms with van der Waals surface area (Å²) in [4.78, 5) is 9.15. The monoisotopic (exact) mass is 288 g/mol. The number of nitrogens with zero attached hydrogens (tertiary/aromatic N) is 2. The number of nitrogens with one attached hydrogen (secondary N) is 1. The van der Waals surface area contributed by atoms with Crippen molar-refractivity contribution in [3.8, 4) is 11.4 Å². The minimum absolute atomic E-state index is 0.541. The molecule has 3 rings (SSSR count). The SMILES string of the molecule is NCCNc1cnc(-c2ccccc2Cl)nc1C1CC1. The van der Waals surface area contributed by atoms with E-state index >= 15 is 0 Å². The average Bonchev–Trinajstić information content (AvgIpc) is 3.30. The first-order valence-corrected chi connectivity index (χ1v) is 7.23. The van der Waals surface area contributed by atoms with Crippen LogP contribution < -0.4 is 11.1 Å². The Balaban J connectivity index is 1.97. The second-order valence-corrected chi connectivity index (χ2v) is 5.37. The fourth-order valence-corrected chi connectivity index (χ4v) is 2.40. The Hall–Kier alpha value is -1.65. The highest BCUT2D eigenvalue weighted by atomic mass is 35.5. The maximum atomic E-state index is 6.22. The van der Waals surface area contributed by atoms with Crippen molar-refractivity contribution < 1.29 is 0 Å². The number of hydrogen-bond donors (Lipinski definition) is 2. The molecule has 3 N–H and O–H groups in total. The second kappa shape index (κ2) is 5.77. The number of hydrogen-bond acceptors (Lipinski definition) is 4. The summed E-state index contributed by atoms with van der Waals surface area (Å²) >= 11 is 6.22. The van der Waals surface area contributed by atoms with Gasteiger partial charge in [-0.3, -0.25) is 0 Å². The zero-order valence-electron chi connectivity index (χ0n) is 11.1. The molecule has 0 aliphatic heterocycles. The normalized spacial score (nSPS) is 14.3. The van der Waals surface area contributed by atoms with E-state index in [0.717, 1.165) is 23.5 Å². The smallest absolute Gasteiger partial charge is 0.161 e. The third-order valence-electron chi connectivity index (χ3n) is 3.36. The summed E-state index contributed by atoms with van der Waals surface area (Å²) in [6, 6.07) is 7.66. The first-order valence-electron chi connectivity index (χ1n) is 6.85. The van der Waals surface area contributed by atoms with E-state index in [1.807, 2.05) is 30.5 Å². The molecule has 0 unspecified atom stereocenters. The average molecular weight is 289 g/mol. The summed E-state index contributed by atoms with van der Waals surface area (Å²) in [5, 5.41) is 3.97. The molecule has 0 radical (unpaired) electrons. The molecule has 1 heterocycles. The van der Waals surface area contributed by atoms with Crippen LogP contribution in [0.25, 0.3) is 11.4 Å². The second-order valence-electron chi connectivity index (χ2n) is 4.96. The Morgan fingerprint density at radius 3 is 2.80 bits per heavy atom. The van der Waals surface area contributed by atoms with Gasteiger partial charge in [0, 0.05) is 24.6 Å². The van der Waals surface area contributed by atoms with Crippen LogP contribution in [0.15, 0.2) is 30.5 Å². The first kappa shape index (κ1) is 13.3. The molecule has 0 saturated heterocycles. The Bertz CT molecular complexity index is 611. The zero-order valence-corrected chi connectivity index (χ0v) is 11.9. The van der Waals surface area contributed by atoms with Crippen molar-refractivity contribution in [2.24, 2.45) is 5.73 Å². The summed E-state index contributed by atoms with van der Waals surface area (Å²) in [5.41, 5.74) is 8.50. The molecular formula is C15H17ClN4. The minimum atomic E-state index is 0.541. The Morgan fingerprint density at radius 1 is 1.30 bits per heavy atom. The fraction of sp³-hybridized carbons (Fsp3) is 0.333. The molecular weight excluding hydrogens is 272 g/mol. The third-order valence-corrected chi connectivity index (χ3v) is 3.69. The molecule has 1 aliphatic rings. The quantitative estimate of drug-likeness (QED) is 0.887. The van der Waals surface area contributed by atoms with Gasteiger partial charge in [0.05, 0.1) is 22.6 Å². The highest BCUT2D eigenvalue weighted by Crippen LogP contribution is 2.42. The molecule has 104 valence electrons. The lowest BCUT2D eigenvalue weighted by Crippen LogP contribution is -2.15. The number of benzene rings is 1. The fourth-order valence-electron chi connectivity index (χ4n) is 2.18. The standard InChI is InChI=1S/C15H17ClN4/c16-12-4-2-1-3-11(12)15-19-9-13(18-8-7-17)14(20-15)10-5-6-10/h1-4,9-10,18H,5-8,17H2. The number of rotatable bonds is 5. The van der Waals surface area contributed by atoms with Crippen LogP contribution >= 0.6 is 11.6 Å². The van der Waals surface area contributed by atoms with E-state index in [0.29, 0.717) is 23.3 Å². The first-order chi connectivity index (χ1) is 9.79. The summed E-state index contributed by atoms with van der Waals surface area (Å²) in [5.74, 6) is 1.23. The van der Waals surface area contributed by atoms with Crippen LogP contribution in [0.2, 0.25) is 5.02 Å². The number of nitrogens with two attached hydrogens (primary N) is 1. The van der Waals surface area contributed by atoms with E-state index in [2.05, 4.69) is 10.3 Å². The molecule has 1 fully saturated rings. The Labute approximate surface area is 123 Å². The van der Waals surface area contributed by atoms with E-state index in [4.69, 9.17) is 22.3 Å². The molecule has 0 spiro atoms. The van der Waals surface area contributed by atoms with E-state index in [1.165, 1.54) is 12.8 Å². The lowest BCUT2D eigenvalue weighted by Gasteiger charge is -2.11. The molecule has 0 atom stereocenters. The maximum Gasteiger partial charge on any atom is 0.161 e. The number of anilines is 1. The topological polar surface area (TPSA) is 63.8 Å². The van der Waals surface area contributed by atoms with Gasteiger partial charge in [0.2, 0.25) is 0 Å². The molecule has 0 amide bonds. The van der Waals surface area contributed by atoms with Gasteiger partial charge in [0.15, 0.2) is 5.82 Å². The van der Waals surface area contributed by atoms with E-state index in [9.17, 15) is 0 Å². The van der Waals surface area contributed by atoms with Crippen LogP contribution in [-0.2, 0) is 0 Å². The van der Waals surface area contributed by atoms with Crippen LogP contribution in [0.4, 0.5) is 5.69 Å². The Morgan fingerprint density at radius 2 is 2.10 bits per heavy atom. The molecule has 1 saturated carbocycles. The largest absolute Gasteiger partial charge is 0.381 e. The third kappa shape index (κ3) is 2.76. The van der Waals surface area contributed by atoms with E-state index in [1.54, 1.807) is 0 Å². The van der Waals surface area contributed by atoms with Gasteiger partial charge in [-0.15, -0.1) is 0 Å². The van der Waals surface area contributed by atoms with Crippen molar-refractivity contribution in [1.82, 2.24) is 9.97 Å². The summed E-state index contributed by atoms with van der Waals surface area (Å²) in [6.45, 7) is 1.32. The summed E-state index contributed by atoms with van der Waals surface area (Å²) in [7, 11) is 0. The van der Waals surface area contributed by atoms with Crippen molar-refractivity contribution in [1.29, 1.82) is 0 Å². The highest BCUT2D eigenvalue weighted by Gasteiger charge is 2.28. The Kier molecular flexibility index (Phi) is 3.85. The maximum absolute atomic E-state index is 6.22. The summed E-state index contributed by atoms with van der Waals surface area (Å²) in [6.07, 6.45) is 4.22. The molecule has 20 heavy (non-hydrogen) atoms. The van der Waals surface area contributed by atoms with Crippen LogP contribution in [0.1, 0.15) is 24.5 Å². The number of aromatic nitrogens is 2. The highest BCUT2D eigenvalue weighted by molar-refractivity contribution is 6.33. The van der Waals surface area contributed by atoms with Crippen molar-refractivity contribution in [2.75, 3.05) is 18.4 Å². The molecule has 1 aliphatic carbocycles. The molecule has 2 aromatic rings. The molecule has 4 nitrogen and oxygen atoms in total. The van der Waals surface area contributed by atoms with E-state index < -0.39 is 0 Å². The van der Waals surface area contributed by atoms with Crippen LogP contribution in [-0.4, -0.2) is 23.1 Å². The van der Waals surface area contributed by atoms with Gasteiger partial charge in [0.25, 0.3) is 0 Å². The molecule has 0 bridgehead atoms. The van der Waals surface area contributed by atoms with Gasteiger partial charge in [-0.1, -0.05) is 23.7 Å². The van der Waals surface area contributed by atoms with Gasteiger partial charge in [-0.05, 0) is 25.0 Å². The van der Waals surface area contributed by atoms with Crippen LogP contribution in [0.5, 0.6) is 0 Å². The molecule has 1 aromatic heterocycles. The van der Waals surface area contributed by atoms with Gasteiger partial charge in [-0.25, -0.2) is 9.97 Å². The van der Waals surface area contributed by atoms with Gasteiger partial charge in [0.1, 0.15) is 0 Å². The number of halogens is 1. The van der Waals surface area contributed by atoms with Gasteiger partial charge in [-0.2, -0.15) is 0 Å². The summed E-state index contributed by atoms with van der Waals surface area (Å²) < 4.78 is 0. The lowest BCUT2D eigenvalue weighted by atomic mass is 10.2. The van der Waals surface area contributed by atoms with Crippen molar-refractivity contribution >= 4 is 17.3 Å². The van der Waals surface area contributed by atoms with Crippen molar-refractivity contribution in [2.45, 2.75) is 18.8 Å². The molecule has 5 heteroatoms. The van der Waals surface area contributed by atoms with Gasteiger partial charge < -0.3 is 11.1 Å². The van der Waals surface area contributed by atoms with Crippen molar-refractivity contribution in [3.63, 3.8) is 0 Å². The van der Waals surface area contributed by atoms with Crippen molar-refractivity contribution in [3.05, 3.63) is 41.2 Å². The molecule has 1 aromatic carbocycles. The van der Waals surface area contributed by atoms with Crippen LogP contribution in [0.3, 0.4) is 0 Å². The van der Waals surface area contributed by atoms with Crippen LogP contribution in [0, 0.1) is 0 Å². The zero-order chi connectivity index (χ0) is 13.9. The van der Waals surface area contributed by atoms with E-state index in [-0.39, 0.29) is 0 Å². The predicted molar refractivity (Wildman–Crippen MR) is 82.0 cm³/mol. The van der Waals surface area contributed by atoms with Gasteiger partial charge >= 0.3 is 0 Å². The predicted octanol–water partition coefficient (Wildman–Crippen LogP) is 3.05. The minimum Gasteiger partial charge on any atom is -0.381 e.